The van der Waals surface area contributed by atoms with Crippen molar-refractivity contribution in [1.29, 1.82) is 0 Å². The third-order valence-corrected chi connectivity index (χ3v) is 2.29. The molecule has 1 unspecified atom stereocenters. The van der Waals surface area contributed by atoms with Gasteiger partial charge in [0.15, 0.2) is 0 Å². The normalized spacial score (nSPS) is 13.1. The van der Waals surface area contributed by atoms with Crippen molar-refractivity contribution in [3.63, 3.8) is 0 Å². The topological polar surface area (TPSA) is 49.5 Å². The smallest absolute Gasteiger partial charge is 0.0639 e. The lowest BCUT2D eigenvalue weighted by Crippen LogP contribution is -2.26. The van der Waals surface area contributed by atoms with Crippen LogP contribution in [0.1, 0.15) is 18.1 Å². The Morgan fingerprint density at radius 2 is 1.80 bits per heavy atom. The third-order valence-electron chi connectivity index (χ3n) is 2.29. The Morgan fingerprint density at radius 1 is 1.27 bits per heavy atom. The molecule has 3 N–H and O–H groups in total. The first kappa shape index (κ1) is 12.2. The number of aliphatic hydroxyl groups excluding tert-OH is 1. The van der Waals surface area contributed by atoms with Gasteiger partial charge in [0.2, 0.25) is 0 Å². The molecule has 0 heterocycles. The quantitative estimate of drug-likeness (QED) is 0.757. The molecule has 84 valence electrons. The van der Waals surface area contributed by atoms with Gasteiger partial charge in [0, 0.05) is 19.6 Å². The summed E-state index contributed by atoms with van der Waals surface area (Å²) < 4.78 is 0. The monoisotopic (exact) mass is 208 g/mol. The van der Waals surface area contributed by atoms with E-state index in [0.717, 1.165) is 12.1 Å². The summed E-state index contributed by atoms with van der Waals surface area (Å²) in [6.07, 6.45) is -0.279. The summed E-state index contributed by atoms with van der Waals surface area (Å²) in [5.41, 5.74) is 7.92. The number of rotatable bonds is 5. The first-order valence-electron chi connectivity index (χ1n) is 5.26. The molecule has 0 aliphatic carbocycles. The second kappa shape index (κ2) is 5.85. The zero-order valence-electron chi connectivity index (χ0n) is 9.48. The van der Waals surface area contributed by atoms with E-state index >= 15 is 0 Å². The standard InChI is InChI=1S/C12H20N2O/c1-10(15)8-14(2)9-12-5-3-11(7-13)4-6-12/h3-6,10,15H,7-9,13H2,1-2H3. The molecule has 1 aromatic carbocycles. The summed E-state index contributed by atoms with van der Waals surface area (Å²) in [6, 6.07) is 8.26. The van der Waals surface area contributed by atoms with E-state index in [1.54, 1.807) is 6.92 Å². The van der Waals surface area contributed by atoms with Crippen LogP contribution in [-0.2, 0) is 13.1 Å². The Labute approximate surface area is 91.5 Å². The van der Waals surface area contributed by atoms with Crippen LogP contribution in [-0.4, -0.2) is 29.7 Å². The molecule has 0 aliphatic heterocycles. The van der Waals surface area contributed by atoms with E-state index in [1.807, 2.05) is 19.2 Å². The van der Waals surface area contributed by atoms with Crippen LogP contribution in [0.15, 0.2) is 24.3 Å². The van der Waals surface area contributed by atoms with E-state index in [-0.39, 0.29) is 6.10 Å². The molecule has 3 heteroatoms. The molecule has 3 nitrogen and oxygen atoms in total. The molecule has 0 fully saturated rings. The van der Waals surface area contributed by atoms with Crippen molar-refractivity contribution in [2.24, 2.45) is 5.73 Å². The lowest BCUT2D eigenvalue weighted by atomic mass is 10.1. The van der Waals surface area contributed by atoms with Gasteiger partial charge in [-0.15, -0.1) is 0 Å². The minimum Gasteiger partial charge on any atom is -0.392 e. The summed E-state index contributed by atoms with van der Waals surface area (Å²) in [7, 11) is 2.00. The van der Waals surface area contributed by atoms with Crippen molar-refractivity contribution < 1.29 is 5.11 Å². The maximum atomic E-state index is 9.22. The fraction of sp³-hybridized carbons (Fsp3) is 0.500. The molecule has 1 aromatic rings. The summed E-state index contributed by atoms with van der Waals surface area (Å²) in [5, 5.41) is 9.22. The number of aliphatic hydroxyl groups is 1. The number of hydrogen-bond acceptors (Lipinski definition) is 3. The van der Waals surface area contributed by atoms with Crippen molar-refractivity contribution in [2.45, 2.75) is 26.1 Å². The minimum absolute atomic E-state index is 0.279. The minimum atomic E-state index is -0.279. The molecule has 1 atom stereocenters. The second-order valence-corrected chi connectivity index (χ2v) is 4.07. The van der Waals surface area contributed by atoms with Gasteiger partial charge in [-0.3, -0.25) is 4.90 Å². The van der Waals surface area contributed by atoms with Gasteiger partial charge < -0.3 is 10.8 Å². The largest absolute Gasteiger partial charge is 0.392 e. The highest BCUT2D eigenvalue weighted by Gasteiger charge is 2.03. The highest BCUT2D eigenvalue weighted by Crippen LogP contribution is 2.06. The van der Waals surface area contributed by atoms with Crippen molar-refractivity contribution >= 4 is 0 Å². The first-order valence-corrected chi connectivity index (χ1v) is 5.26. The van der Waals surface area contributed by atoms with E-state index in [9.17, 15) is 5.11 Å². The lowest BCUT2D eigenvalue weighted by Gasteiger charge is -2.18. The Morgan fingerprint density at radius 3 is 2.27 bits per heavy atom. The summed E-state index contributed by atoms with van der Waals surface area (Å²) >= 11 is 0. The molecule has 0 radical (unpaired) electrons. The zero-order chi connectivity index (χ0) is 11.3. The van der Waals surface area contributed by atoms with Crippen LogP contribution in [0.4, 0.5) is 0 Å². The zero-order valence-corrected chi connectivity index (χ0v) is 9.48. The Balaban J connectivity index is 2.49. The fourth-order valence-electron chi connectivity index (χ4n) is 1.61. The molecular formula is C12H20N2O. The van der Waals surface area contributed by atoms with Crippen LogP contribution in [0.2, 0.25) is 0 Å². The van der Waals surface area contributed by atoms with E-state index in [2.05, 4.69) is 17.0 Å². The lowest BCUT2D eigenvalue weighted by molar-refractivity contribution is 0.138. The number of likely N-dealkylation sites (N-methyl/N-ethyl adjacent to an activating group) is 1. The van der Waals surface area contributed by atoms with E-state index in [1.165, 1.54) is 5.56 Å². The van der Waals surface area contributed by atoms with Gasteiger partial charge in [-0.1, -0.05) is 24.3 Å². The van der Waals surface area contributed by atoms with Gasteiger partial charge in [0.05, 0.1) is 6.10 Å². The SMILES string of the molecule is CC(O)CN(C)Cc1ccc(CN)cc1. The van der Waals surface area contributed by atoms with E-state index < -0.39 is 0 Å². The molecule has 0 aromatic heterocycles. The Kier molecular flexibility index (Phi) is 4.75. The van der Waals surface area contributed by atoms with Gasteiger partial charge in [0.25, 0.3) is 0 Å². The molecule has 0 bridgehead atoms. The van der Waals surface area contributed by atoms with Crippen LogP contribution in [0.5, 0.6) is 0 Å². The molecular weight excluding hydrogens is 188 g/mol. The van der Waals surface area contributed by atoms with Crippen LogP contribution >= 0.6 is 0 Å². The Bertz CT molecular complexity index is 282. The summed E-state index contributed by atoms with van der Waals surface area (Å²) in [4.78, 5) is 2.10. The Hall–Kier alpha value is -0.900. The maximum Gasteiger partial charge on any atom is 0.0639 e. The van der Waals surface area contributed by atoms with Gasteiger partial charge >= 0.3 is 0 Å². The number of benzene rings is 1. The summed E-state index contributed by atoms with van der Waals surface area (Å²) in [6.45, 7) is 3.94. The third kappa shape index (κ3) is 4.42. The average Bonchev–Trinajstić information content (AvgIpc) is 2.17. The van der Waals surface area contributed by atoms with Crippen molar-refractivity contribution in [1.82, 2.24) is 4.90 Å². The highest BCUT2D eigenvalue weighted by molar-refractivity contribution is 5.22. The van der Waals surface area contributed by atoms with Crippen molar-refractivity contribution in [3.05, 3.63) is 35.4 Å². The van der Waals surface area contributed by atoms with Crippen LogP contribution in [0.3, 0.4) is 0 Å². The molecule has 0 saturated heterocycles. The summed E-state index contributed by atoms with van der Waals surface area (Å²) in [5.74, 6) is 0. The van der Waals surface area contributed by atoms with Crippen LogP contribution in [0, 0.1) is 0 Å². The second-order valence-electron chi connectivity index (χ2n) is 4.07. The van der Waals surface area contributed by atoms with Crippen LogP contribution < -0.4 is 5.73 Å². The van der Waals surface area contributed by atoms with Gasteiger partial charge in [0.1, 0.15) is 0 Å². The van der Waals surface area contributed by atoms with Gasteiger partial charge in [-0.05, 0) is 25.1 Å². The molecule has 0 saturated carbocycles. The maximum absolute atomic E-state index is 9.22. The first-order chi connectivity index (χ1) is 7.11. The van der Waals surface area contributed by atoms with E-state index in [0.29, 0.717) is 13.1 Å². The van der Waals surface area contributed by atoms with Gasteiger partial charge in [-0.2, -0.15) is 0 Å². The van der Waals surface area contributed by atoms with Gasteiger partial charge in [-0.25, -0.2) is 0 Å². The predicted octanol–water partition coefficient (Wildman–Crippen LogP) is 0.958. The van der Waals surface area contributed by atoms with Crippen molar-refractivity contribution in [2.75, 3.05) is 13.6 Å². The molecule has 0 amide bonds. The predicted molar refractivity (Wildman–Crippen MR) is 62.3 cm³/mol. The molecule has 1 rings (SSSR count). The number of nitrogens with two attached hydrogens (primary N) is 1. The number of hydrogen-bond donors (Lipinski definition) is 2. The molecule has 0 spiro atoms. The average molecular weight is 208 g/mol. The van der Waals surface area contributed by atoms with Crippen molar-refractivity contribution in [3.8, 4) is 0 Å². The fourth-order valence-corrected chi connectivity index (χ4v) is 1.61. The number of nitrogens with zero attached hydrogens (tertiary/aromatic N) is 1. The highest BCUT2D eigenvalue weighted by atomic mass is 16.3. The van der Waals surface area contributed by atoms with E-state index in [4.69, 9.17) is 5.73 Å². The molecule has 0 aliphatic rings. The molecule has 15 heavy (non-hydrogen) atoms. The van der Waals surface area contributed by atoms with Crippen LogP contribution in [0.25, 0.3) is 0 Å².